The van der Waals surface area contributed by atoms with Gasteiger partial charge in [-0.15, -0.1) is 0 Å². The lowest BCUT2D eigenvalue weighted by atomic mass is 10.3. The molecule has 0 radical (unpaired) electrons. The number of carbonyl (C=O) groups is 3. The largest absolute Gasteiger partial charge is 0.497 e. The molecule has 1 aromatic rings. The minimum atomic E-state index is -1.82. The smallest absolute Gasteiger partial charge is 0.414 e. The summed E-state index contributed by atoms with van der Waals surface area (Å²) >= 11 is 0. The van der Waals surface area contributed by atoms with Crippen LogP contribution in [0.15, 0.2) is 24.3 Å². The monoisotopic (exact) mass is 338 g/mol. The zero-order chi connectivity index (χ0) is 17.9. The zero-order valence-electron chi connectivity index (χ0n) is 13.5. The molecule has 0 spiro atoms. The van der Waals surface area contributed by atoms with Gasteiger partial charge in [0.15, 0.2) is 0 Å². The summed E-state index contributed by atoms with van der Waals surface area (Å²) in [4.78, 5) is 32.3. The second-order valence-corrected chi connectivity index (χ2v) is 5.19. The Bertz CT molecular complexity index is 540. The maximum atomic E-state index is 11.8. The van der Waals surface area contributed by atoms with E-state index in [4.69, 9.17) is 24.5 Å². The molecule has 0 unspecified atom stereocenters. The van der Waals surface area contributed by atoms with Crippen molar-refractivity contribution in [1.82, 2.24) is 4.90 Å². The number of ether oxygens (including phenoxy) is 1. The van der Waals surface area contributed by atoms with Crippen LogP contribution in [0, 0.1) is 0 Å². The highest BCUT2D eigenvalue weighted by Crippen LogP contribution is 2.15. The molecule has 132 valence electrons. The van der Waals surface area contributed by atoms with E-state index in [0.29, 0.717) is 6.42 Å². The van der Waals surface area contributed by atoms with Gasteiger partial charge in [0.2, 0.25) is 5.91 Å². The SMILES string of the molecule is COc1ccc(NC(=O)CCN2CCCC2)cc1.O=C(O)C(=O)O. The number of amides is 1. The van der Waals surface area contributed by atoms with Crippen molar-refractivity contribution in [3.8, 4) is 5.75 Å². The number of hydrogen-bond acceptors (Lipinski definition) is 5. The molecular formula is C16H22N2O6. The summed E-state index contributed by atoms with van der Waals surface area (Å²) < 4.78 is 5.07. The molecular weight excluding hydrogens is 316 g/mol. The van der Waals surface area contributed by atoms with Crippen molar-refractivity contribution >= 4 is 23.5 Å². The number of anilines is 1. The van der Waals surface area contributed by atoms with Gasteiger partial charge in [0.05, 0.1) is 7.11 Å². The van der Waals surface area contributed by atoms with Gasteiger partial charge < -0.3 is 25.2 Å². The molecule has 0 saturated carbocycles. The topological polar surface area (TPSA) is 116 Å². The Morgan fingerprint density at radius 3 is 2.08 bits per heavy atom. The van der Waals surface area contributed by atoms with E-state index in [1.54, 1.807) is 7.11 Å². The van der Waals surface area contributed by atoms with E-state index in [9.17, 15) is 4.79 Å². The molecule has 3 N–H and O–H groups in total. The number of nitrogens with one attached hydrogen (secondary N) is 1. The molecule has 1 saturated heterocycles. The maximum Gasteiger partial charge on any atom is 0.414 e. The average molecular weight is 338 g/mol. The summed E-state index contributed by atoms with van der Waals surface area (Å²) in [7, 11) is 1.63. The molecule has 8 heteroatoms. The van der Waals surface area contributed by atoms with Gasteiger partial charge in [0.1, 0.15) is 5.75 Å². The van der Waals surface area contributed by atoms with Gasteiger partial charge in [-0.25, -0.2) is 9.59 Å². The number of nitrogens with zero attached hydrogens (tertiary/aromatic N) is 1. The fourth-order valence-electron chi connectivity index (χ4n) is 2.16. The van der Waals surface area contributed by atoms with E-state index >= 15 is 0 Å². The molecule has 1 aromatic carbocycles. The number of methoxy groups -OCH3 is 1. The summed E-state index contributed by atoms with van der Waals surface area (Å²) in [6.45, 7) is 3.13. The van der Waals surface area contributed by atoms with Gasteiger partial charge in [0, 0.05) is 18.7 Å². The summed E-state index contributed by atoms with van der Waals surface area (Å²) in [5.74, 6) is -2.78. The average Bonchev–Trinajstić information content (AvgIpc) is 3.07. The third kappa shape index (κ3) is 7.59. The van der Waals surface area contributed by atoms with Crippen molar-refractivity contribution in [2.24, 2.45) is 0 Å². The summed E-state index contributed by atoms with van der Waals surface area (Å²) in [5, 5.41) is 17.7. The first-order chi connectivity index (χ1) is 11.4. The van der Waals surface area contributed by atoms with Crippen LogP contribution in [0.1, 0.15) is 19.3 Å². The van der Waals surface area contributed by atoms with E-state index in [1.165, 1.54) is 12.8 Å². The van der Waals surface area contributed by atoms with Crippen LogP contribution in [0.25, 0.3) is 0 Å². The minimum absolute atomic E-state index is 0.0760. The van der Waals surface area contributed by atoms with Crippen LogP contribution in [0.3, 0.4) is 0 Å². The van der Waals surface area contributed by atoms with E-state index in [2.05, 4.69) is 10.2 Å². The number of likely N-dealkylation sites (tertiary alicyclic amines) is 1. The Morgan fingerprint density at radius 1 is 1.08 bits per heavy atom. The summed E-state index contributed by atoms with van der Waals surface area (Å²) in [5.41, 5.74) is 0.822. The number of benzene rings is 1. The molecule has 0 bridgehead atoms. The predicted molar refractivity (Wildman–Crippen MR) is 87.2 cm³/mol. The quantitative estimate of drug-likeness (QED) is 0.692. The highest BCUT2D eigenvalue weighted by Gasteiger charge is 2.12. The first-order valence-electron chi connectivity index (χ1n) is 7.55. The first kappa shape index (κ1) is 19.4. The summed E-state index contributed by atoms with van der Waals surface area (Å²) in [6, 6.07) is 7.39. The number of rotatable bonds is 5. The molecule has 0 aromatic heterocycles. The molecule has 1 aliphatic rings. The van der Waals surface area contributed by atoms with Gasteiger partial charge in [-0.1, -0.05) is 0 Å². The van der Waals surface area contributed by atoms with E-state index in [1.807, 2.05) is 24.3 Å². The molecule has 1 amide bonds. The van der Waals surface area contributed by atoms with Gasteiger partial charge in [0.25, 0.3) is 0 Å². The van der Waals surface area contributed by atoms with Crippen LogP contribution < -0.4 is 10.1 Å². The molecule has 1 heterocycles. The van der Waals surface area contributed by atoms with Crippen molar-refractivity contribution < 1.29 is 29.3 Å². The standard InChI is InChI=1S/C14H20N2O2.C2H2O4/c1-18-13-6-4-12(5-7-13)15-14(17)8-11-16-9-2-3-10-16;3-1(4)2(5)6/h4-7H,2-3,8-11H2,1H3,(H,15,17);(H,3,4)(H,5,6). The van der Waals surface area contributed by atoms with Gasteiger partial charge in [-0.3, -0.25) is 4.79 Å². The van der Waals surface area contributed by atoms with Crippen LogP contribution in [-0.2, 0) is 14.4 Å². The molecule has 8 nitrogen and oxygen atoms in total. The van der Waals surface area contributed by atoms with Crippen LogP contribution in [-0.4, -0.2) is 59.7 Å². The number of carboxylic acid groups (broad SMARTS) is 2. The van der Waals surface area contributed by atoms with Crippen LogP contribution in [0.2, 0.25) is 0 Å². The number of carbonyl (C=O) groups excluding carboxylic acids is 1. The lowest BCUT2D eigenvalue weighted by Gasteiger charge is -2.14. The normalized spacial score (nSPS) is 13.5. The van der Waals surface area contributed by atoms with Crippen LogP contribution in [0.5, 0.6) is 5.75 Å². The first-order valence-corrected chi connectivity index (χ1v) is 7.55. The number of hydrogen-bond donors (Lipinski definition) is 3. The fraction of sp³-hybridized carbons (Fsp3) is 0.438. The second-order valence-electron chi connectivity index (χ2n) is 5.19. The Kier molecular flexibility index (Phi) is 8.28. The second kappa shape index (κ2) is 10.2. The highest BCUT2D eigenvalue weighted by molar-refractivity contribution is 6.27. The third-order valence-electron chi connectivity index (χ3n) is 3.41. The predicted octanol–water partition coefficient (Wildman–Crippen LogP) is 1.28. The van der Waals surface area contributed by atoms with E-state index in [0.717, 1.165) is 31.1 Å². The minimum Gasteiger partial charge on any atom is -0.497 e. The van der Waals surface area contributed by atoms with Gasteiger partial charge >= 0.3 is 11.9 Å². The third-order valence-corrected chi connectivity index (χ3v) is 3.41. The van der Waals surface area contributed by atoms with Crippen LogP contribution >= 0.6 is 0 Å². The molecule has 0 atom stereocenters. The molecule has 2 rings (SSSR count). The Labute approximate surface area is 140 Å². The number of aliphatic carboxylic acids is 2. The van der Waals surface area contributed by atoms with E-state index < -0.39 is 11.9 Å². The molecule has 24 heavy (non-hydrogen) atoms. The maximum absolute atomic E-state index is 11.8. The lowest BCUT2D eigenvalue weighted by molar-refractivity contribution is -0.159. The van der Waals surface area contributed by atoms with Crippen LogP contribution in [0.4, 0.5) is 5.69 Å². The molecule has 1 fully saturated rings. The van der Waals surface area contributed by atoms with Crippen molar-refractivity contribution in [3.63, 3.8) is 0 Å². The molecule has 0 aliphatic carbocycles. The Morgan fingerprint density at radius 2 is 1.62 bits per heavy atom. The van der Waals surface area contributed by atoms with Crippen molar-refractivity contribution in [2.75, 3.05) is 32.1 Å². The van der Waals surface area contributed by atoms with E-state index in [-0.39, 0.29) is 5.91 Å². The Balaban J connectivity index is 0.000000413. The Hall–Kier alpha value is -2.61. The lowest BCUT2D eigenvalue weighted by Crippen LogP contribution is -2.25. The fourth-order valence-corrected chi connectivity index (χ4v) is 2.16. The van der Waals surface area contributed by atoms with Crippen molar-refractivity contribution in [2.45, 2.75) is 19.3 Å². The van der Waals surface area contributed by atoms with Gasteiger partial charge in [-0.2, -0.15) is 0 Å². The van der Waals surface area contributed by atoms with Crippen molar-refractivity contribution in [3.05, 3.63) is 24.3 Å². The zero-order valence-corrected chi connectivity index (χ0v) is 13.5. The number of carboxylic acids is 2. The van der Waals surface area contributed by atoms with Gasteiger partial charge in [-0.05, 0) is 50.2 Å². The molecule has 1 aliphatic heterocycles. The van der Waals surface area contributed by atoms with Crippen molar-refractivity contribution in [1.29, 1.82) is 0 Å². The summed E-state index contributed by atoms with van der Waals surface area (Å²) in [6.07, 6.45) is 3.09. The highest BCUT2D eigenvalue weighted by atomic mass is 16.5.